The Morgan fingerprint density at radius 1 is 1.71 bits per heavy atom. The molecular formula is C10H13N5O2. The molecule has 0 saturated heterocycles. The standard InChI is InChI=1S/C10H13N5O2/c1-7(8-3-2-4-17-8)13-9(16)5-15-6-12-10(11)14-15/h2-4,6-7H,5H2,1H3,(H2,11,14)(H,13,16). The van der Waals surface area contributed by atoms with Crippen LogP contribution in [0.3, 0.4) is 0 Å². The first-order chi connectivity index (χ1) is 8.15. The lowest BCUT2D eigenvalue weighted by Crippen LogP contribution is -2.30. The molecule has 90 valence electrons. The molecule has 0 radical (unpaired) electrons. The zero-order valence-corrected chi connectivity index (χ0v) is 9.33. The molecule has 0 aliphatic carbocycles. The summed E-state index contributed by atoms with van der Waals surface area (Å²) in [7, 11) is 0. The second-order valence-electron chi connectivity index (χ2n) is 3.60. The summed E-state index contributed by atoms with van der Waals surface area (Å²) in [6.45, 7) is 1.92. The number of hydrogen-bond acceptors (Lipinski definition) is 5. The van der Waals surface area contributed by atoms with Crippen LogP contribution in [-0.2, 0) is 11.3 Å². The first-order valence-electron chi connectivity index (χ1n) is 5.13. The molecule has 7 heteroatoms. The Bertz CT molecular complexity index is 491. The maximum atomic E-state index is 11.6. The molecule has 2 aromatic heterocycles. The van der Waals surface area contributed by atoms with Crippen molar-refractivity contribution in [3.05, 3.63) is 30.5 Å². The number of nitrogens with zero attached hydrogens (tertiary/aromatic N) is 3. The average molecular weight is 235 g/mol. The summed E-state index contributed by atoms with van der Waals surface area (Å²) in [4.78, 5) is 15.4. The minimum Gasteiger partial charge on any atom is -0.467 e. The zero-order chi connectivity index (χ0) is 12.3. The number of carbonyl (C=O) groups excluding carboxylic acids is 1. The molecule has 17 heavy (non-hydrogen) atoms. The monoisotopic (exact) mass is 235 g/mol. The Morgan fingerprint density at radius 3 is 3.12 bits per heavy atom. The van der Waals surface area contributed by atoms with Gasteiger partial charge in [0.05, 0.1) is 12.3 Å². The van der Waals surface area contributed by atoms with Gasteiger partial charge in [0, 0.05) is 0 Å². The van der Waals surface area contributed by atoms with E-state index in [4.69, 9.17) is 10.2 Å². The van der Waals surface area contributed by atoms with Crippen LogP contribution in [0.25, 0.3) is 0 Å². The molecule has 2 aromatic rings. The van der Waals surface area contributed by atoms with E-state index in [-0.39, 0.29) is 24.4 Å². The fourth-order valence-corrected chi connectivity index (χ4v) is 1.43. The van der Waals surface area contributed by atoms with E-state index in [2.05, 4.69) is 15.4 Å². The molecule has 1 amide bonds. The van der Waals surface area contributed by atoms with Gasteiger partial charge in [-0.25, -0.2) is 9.67 Å². The molecule has 0 fully saturated rings. The molecule has 0 saturated carbocycles. The molecule has 1 atom stereocenters. The van der Waals surface area contributed by atoms with Crippen LogP contribution in [0, 0.1) is 0 Å². The van der Waals surface area contributed by atoms with Crippen molar-refractivity contribution in [3.63, 3.8) is 0 Å². The molecule has 0 aromatic carbocycles. The van der Waals surface area contributed by atoms with E-state index in [0.717, 1.165) is 0 Å². The van der Waals surface area contributed by atoms with E-state index in [1.807, 2.05) is 6.92 Å². The topological polar surface area (TPSA) is 99.0 Å². The van der Waals surface area contributed by atoms with Gasteiger partial charge >= 0.3 is 0 Å². The Labute approximate surface area is 97.6 Å². The maximum absolute atomic E-state index is 11.6. The SMILES string of the molecule is CC(NC(=O)Cn1cnc(N)n1)c1ccco1. The lowest BCUT2D eigenvalue weighted by atomic mass is 10.2. The number of nitrogen functional groups attached to an aromatic ring is 1. The Morgan fingerprint density at radius 2 is 2.53 bits per heavy atom. The van der Waals surface area contributed by atoms with Gasteiger partial charge in [-0.3, -0.25) is 4.79 Å². The normalized spacial score (nSPS) is 12.3. The summed E-state index contributed by atoms with van der Waals surface area (Å²) >= 11 is 0. The zero-order valence-electron chi connectivity index (χ0n) is 9.33. The predicted molar refractivity (Wildman–Crippen MR) is 59.7 cm³/mol. The van der Waals surface area contributed by atoms with Gasteiger partial charge in [-0.2, -0.15) is 0 Å². The third-order valence-electron chi connectivity index (χ3n) is 2.21. The summed E-state index contributed by atoms with van der Waals surface area (Å²) in [5, 5.41) is 6.60. The number of aromatic nitrogens is 3. The highest BCUT2D eigenvalue weighted by Crippen LogP contribution is 2.11. The summed E-state index contributed by atoms with van der Waals surface area (Å²) in [6, 6.07) is 3.40. The van der Waals surface area contributed by atoms with Crippen molar-refractivity contribution in [1.82, 2.24) is 20.1 Å². The molecule has 2 heterocycles. The summed E-state index contributed by atoms with van der Waals surface area (Å²) in [5.41, 5.74) is 5.34. The number of rotatable bonds is 4. The van der Waals surface area contributed by atoms with Crippen molar-refractivity contribution >= 4 is 11.9 Å². The predicted octanol–water partition coefficient (Wildman–Crippen LogP) is 0.331. The van der Waals surface area contributed by atoms with Crippen LogP contribution in [0.2, 0.25) is 0 Å². The lowest BCUT2D eigenvalue weighted by Gasteiger charge is -2.10. The smallest absolute Gasteiger partial charge is 0.242 e. The summed E-state index contributed by atoms with van der Waals surface area (Å²) in [6.07, 6.45) is 2.97. The molecular weight excluding hydrogens is 222 g/mol. The largest absolute Gasteiger partial charge is 0.467 e. The lowest BCUT2D eigenvalue weighted by molar-refractivity contribution is -0.122. The Balaban J connectivity index is 1.89. The van der Waals surface area contributed by atoms with Gasteiger partial charge in [0.2, 0.25) is 11.9 Å². The van der Waals surface area contributed by atoms with E-state index in [1.165, 1.54) is 11.0 Å². The minimum absolute atomic E-state index is 0.0786. The first kappa shape index (κ1) is 11.2. The van der Waals surface area contributed by atoms with Gasteiger partial charge in [0.1, 0.15) is 18.6 Å². The quantitative estimate of drug-likeness (QED) is 0.795. The van der Waals surface area contributed by atoms with Gasteiger partial charge < -0.3 is 15.5 Å². The number of amides is 1. The third-order valence-corrected chi connectivity index (χ3v) is 2.21. The molecule has 2 rings (SSSR count). The first-order valence-corrected chi connectivity index (χ1v) is 5.13. The highest BCUT2D eigenvalue weighted by atomic mass is 16.3. The number of carbonyl (C=O) groups is 1. The molecule has 3 N–H and O–H groups in total. The van der Waals surface area contributed by atoms with Crippen LogP contribution in [0.15, 0.2) is 29.1 Å². The second-order valence-corrected chi connectivity index (χ2v) is 3.60. The van der Waals surface area contributed by atoms with E-state index in [0.29, 0.717) is 5.76 Å². The van der Waals surface area contributed by atoms with Gasteiger partial charge in [0.15, 0.2) is 0 Å². The fourth-order valence-electron chi connectivity index (χ4n) is 1.43. The highest BCUT2D eigenvalue weighted by molar-refractivity contribution is 5.76. The van der Waals surface area contributed by atoms with Crippen LogP contribution < -0.4 is 11.1 Å². The van der Waals surface area contributed by atoms with E-state index in [1.54, 1.807) is 18.4 Å². The van der Waals surface area contributed by atoms with Crippen molar-refractivity contribution in [3.8, 4) is 0 Å². The highest BCUT2D eigenvalue weighted by Gasteiger charge is 2.12. The van der Waals surface area contributed by atoms with Crippen LogP contribution in [0.4, 0.5) is 5.95 Å². The van der Waals surface area contributed by atoms with Crippen molar-refractivity contribution in [2.45, 2.75) is 19.5 Å². The second kappa shape index (κ2) is 4.69. The number of furan rings is 1. The van der Waals surface area contributed by atoms with E-state index >= 15 is 0 Å². The van der Waals surface area contributed by atoms with E-state index in [9.17, 15) is 4.79 Å². The van der Waals surface area contributed by atoms with Crippen LogP contribution in [0.5, 0.6) is 0 Å². The number of nitrogens with one attached hydrogen (secondary N) is 1. The van der Waals surface area contributed by atoms with Crippen LogP contribution in [0.1, 0.15) is 18.7 Å². The van der Waals surface area contributed by atoms with Crippen LogP contribution in [-0.4, -0.2) is 20.7 Å². The van der Waals surface area contributed by atoms with Crippen molar-refractivity contribution in [2.75, 3.05) is 5.73 Å². The minimum atomic E-state index is -0.182. The summed E-state index contributed by atoms with van der Waals surface area (Å²) in [5.74, 6) is 0.673. The molecule has 7 nitrogen and oxygen atoms in total. The Kier molecular flexibility index (Phi) is 3.08. The van der Waals surface area contributed by atoms with Crippen molar-refractivity contribution < 1.29 is 9.21 Å². The van der Waals surface area contributed by atoms with E-state index < -0.39 is 0 Å². The van der Waals surface area contributed by atoms with Gasteiger partial charge in [-0.05, 0) is 19.1 Å². The third kappa shape index (κ3) is 2.83. The Hall–Kier alpha value is -2.31. The maximum Gasteiger partial charge on any atom is 0.242 e. The van der Waals surface area contributed by atoms with Crippen molar-refractivity contribution in [2.24, 2.45) is 0 Å². The number of anilines is 1. The van der Waals surface area contributed by atoms with Crippen LogP contribution >= 0.6 is 0 Å². The van der Waals surface area contributed by atoms with Gasteiger partial charge in [-0.1, -0.05) is 0 Å². The molecule has 0 bridgehead atoms. The van der Waals surface area contributed by atoms with Gasteiger partial charge in [0.25, 0.3) is 0 Å². The van der Waals surface area contributed by atoms with Gasteiger partial charge in [-0.15, -0.1) is 5.10 Å². The molecule has 1 unspecified atom stereocenters. The van der Waals surface area contributed by atoms with Crippen molar-refractivity contribution in [1.29, 1.82) is 0 Å². The molecule has 0 spiro atoms. The molecule has 0 aliphatic heterocycles. The molecule has 0 aliphatic rings. The number of nitrogens with two attached hydrogens (primary N) is 1. The average Bonchev–Trinajstić information content (AvgIpc) is 2.89. The number of hydrogen-bond donors (Lipinski definition) is 2. The fraction of sp³-hybridized carbons (Fsp3) is 0.300. The summed E-state index contributed by atoms with van der Waals surface area (Å²) < 4.78 is 6.56.